The van der Waals surface area contributed by atoms with Gasteiger partial charge in [0.15, 0.2) is 5.82 Å². The molecule has 3 aromatic heterocycles. The minimum atomic E-state index is -4.49. The summed E-state index contributed by atoms with van der Waals surface area (Å²) in [5, 5.41) is 13.5. The second-order valence-corrected chi connectivity index (χ2v) is 25.5. The van der Waals surface area contributed by atoms with Crippen LogP contribution in [-0.2, 0) is 43.2 Å². The van der Waals surface area contributed by atoms with Gasteiger partial charge in [-0.25, -0.2) is 27.9 Å². The van der Waals surface area contributed by atoms with Crippen molar-refractivity contribution in [2.24, 2.45) is 15.7 Å². The molecule has 25 heteroatoms. The number of ether oxygens (including phenoxy) is 3. The standard InChI is InChI=1S/C30H32N8O4.C23H18F4N2O2.C17H23N3OS/c1-2-38-25-17-26(32-18-24(25)36-29(38)27-28(31)34-19-33-27)42-23-5-3-4-21(16-23)35-30(39)20-6-8-22(9-7-20)41-15-12-37-10-13-40-14-11-37;1-12-21(22(31)29-19-10-15-4-2-3-14(15)9-18(19)24)17(11-20(30)28-12)13-5-7-16(8-6-13)23(25,26)27;1-13-10-19-12-15-6-4-7-16(17(13)15)22(3,21)20-9-5-8-18-11-14(20)2/h3-9,16-18H,2,10-15,19H2,1H3,(H2,31,34)(H,35,39);2,4-10,17H,3,11H2,1H3,(H,28,30)(H,29,31);4,6-7,10,12,14,18H,3,5,8-9,11H2,1-2H3/t;;14-,22?/m..0/s1. The van der Waals surface area contributed by atoms with Gasteiger partial charge in [0, 0.05) is 115 Å². The number of benzene rings is 5. The topological polar surface area (TPSA) is 245 Å². The summed E-state index contributed by atoms with van der Waals surface area (Å²) in [6.45, 7) is 16.1. The number of alkyl halides is 3. The van der Waals surface area contributed by atoms with Crippen LogP contribution in [0.5, 0.6) is 17.4 Å². The summed E-state index contributed by atoms with van der Waals surface area (Å²) in [6, 6.07) is 29.5. The van der Waals surface area contributed by atoms with Gasteiger partial charge in [-0.3, -0.25) is 29.3 Å². The molecule has 2 unspecified atom stereocenters. The Morgan fingerprint density at radius 3 is 2.43 bits per heavy atom. The zero-order valence-corrected chi connectivity index (χ0v) is 53.8. The van der Waals surface area contributed by atoms with E-state index in [1.54, 1.807) is 36.5 Å². The van der Waals surface area contributed by atoms with Crippen molar-refractivity contribution >= 4 is 84.1 Å². The first-order chi connectivity index (χ1) is 45.7. The van der Waals surface area contributed by atoms with E-state index in [2.05, 4.69) is 68.2 Å². The predicted octanol–water partition coefficient (Wildman–Crippen LogP) is 10.5. The Morgan fingerprint density at radius 1 is 0.905 bits per heavy atom. The Kier molecular flexibility index (Phi) is 20.6. The van der Waals surface area contributed by atoms with Crippen molar-refractivity contribution < 1.29 is 50.4 Å². The highest BCUT2D eigenvalue weighted by atomic mass is 32.2. The number of carbonyl (C=O) groups excluding carboxylic acids is 3. The van der Waals surface area contributed by atoms with Gasteiger partial charge in [0.25, 0.3) is 11.8 Å². The third-order valence-electron chi connectivity index (χ3n) is 16.8. The molecule has 95 heavy (non-hydrogen) atoms. The number of morpholine rings is 1. The number of allylic oxidation sites excluding steroid dienone is 2. The molecule has 5 aliphatic rings. The number of carbonyl (C=O) groups is 3. The quantitative estimate of drug-likeness (QED) is 0.0474. The average Bonchev–Trinajstić information content (AvgIpc) is 1.59. The first kappa shape index (κ1) is 66.8. The van der Waals surface area contributed by atoms with Gasteiger partial charge in [-0.05, 0) is 142 Å². The second kappa shape index (κ2) is 29.3. The minimum Gasteiger partial charge on any atom is -0.492 e. The molecule has 494 valence electrons. The molecule has 0 radical (unpaired) electrons. The third-order valence-corrected chi connectivity index (χ3v) is 19.2. The lowest BCUT2D eigenvalue weighted by molar-refractivity contribution is -0.137. The summed E-state index contributed by atoms with van der Waals surface area (Å²) < 4.78 is 88.1. The Bertz CT molecular complexity index is 4430. The van der Waals surface area contributed by atoms with Crippen LogP contribution in [0.3, 0.4) is 0 Å². The first-order valence-electron chi connectivity index (χ1n) is 31.2. The molecule has 2 fully saturated rings. The van der Waals surface area contributed by atoms with E-state index in [1.165, 1.54) is 31.2 Å². The van der Waals surface area contributed by atoms with Crippen LogP contribution in [0.2, 0.25) is 0 Å². The number of pyridine rings is 2. The number of halogens is 4. The Labute approximate surface area is 547 Å². The number of aryl methyl sites for hydroxylation is 2. The zero-order chi connectivity index (χ0) is 67.0. The van der Waals surface area contributed by atoms with Crippen LogP contribution in [0, 0.1) is 12.7 Å². The monoisotopic (exact) mass is 1320 g/mol. The van der Waals surface area contributed by atoms with Crippen molar-refractivity contribution in [3.8, 4) is 17.4 Å². The van der Waals surface area contributed by atoms with Gasteiger partial charge in [0.05, 0.1) is 50.8 Å². The highest BCUT2D eigenvalue weighted by Gasteiger charge is 2.35. The van der Waals surface area contributed by atoms with E-state index >= 15 is 0 Å². The van der Waals surface area contributed by atoms with E-state index in [4.69, 9.17) is 19.9 Å². The number of nitrogens with two attached hydrogens (primary N) is 1. The van der Waals surface area contributed by atoms with Crippen LogP contribution in [0.15, 0.2) is 160 Å². The van der Waals surface area contributed by atoms with Gasteiger partial charge < -0.3 is 45.8 Å². The molecular weight excluding hydrogens is 1240 g/mol. The molecule has 3 atom stereocenters. The lowest BCUT2D eigenvalue weighted by atomic mass is 9.83. The summed E-state index contributed by atoms with van der Waals surface area (Å²) in [6.07, 6.45) is 6.04. The van der Waals surface area contributed by atoms with Crippen LogP contribution in [0.4, 0.5) is 28.9 Å². The molecule has 7 heterocycles. The van der Waals surface area contributed by atoms with E-state index in [9.17, 15) is 36.2 Å². The fourth-order valence-corrected chi connectivity index (χ4v) is 14.2. The summed E-state index contributed by atoms with van der Waals surface area (Å²) >= 11 is 0. The molecule has 20 nitrogen and oxygen atoms in total. The Morgan fingerprint density at radius 2 is 1.68 bits per heavy atom. The SMILES string of the molecule is C=S(=O)(c1cccc2cncc(C)c12)N1CCCNC[C@@H]1C.CC1=C(C(=O)Nc2cc3c(cc2F)CC=C3)C(c2ccc(C(F)(F)F)cc2)CC(=O)N1.CCn1c(C2=NCN=C2N)nc2cnc(Oc3cccc(NC(=O)c4ccc(OCCN5CCOCC5)cc4)c3)cc21. The number of aromatic nitrogens is 4. The number of nitrogens with zero attached hydrogens (tertiary/aromatic N) is 8. The molecular formula is C70H73F4N13O7S. The van der Waals surface area contributed by atoms with Crippen molar-refractivity contribution in [3.05, 3.63) is 190 Å². The molecule has 8 aromatic rings. The minimum absolute atomic E-state index is 0.00123. The summed E-state index contributed by atoms with van der Waals surface area (Å²) in [4.78, 5) is 63.0. The first-order valence-corrected chi connectivity index (χ1v) is 32.9. The zero-order valence-electron chi connectivity index (χ0n) is 53.0. The fourth-order valence-electron chi connectivity index (χ4n) is 12.0. The van der Waals surface area contributed by atoms with E-state index < -0.39 is 39.1 Å². The number of rotatable bonds is 15. The third kappa shape index (κ3) is 15.6. The van der Waals surface area contributed by atoms with Gasteiger partial charge in [-0.15, -0.1) is 0 Å². The van der Waals surface area contributed by atoms with Crippen LogP contribution in [-0.4, -0.2) is 140 Å². The fraction of sp³-hybridized carbons (Fsp3) is 0.300. The maximum Gasteiger partial charge on any atom is 0.416 e. The summed E-state index contributed by atoms with van der Waals surface area (Å²) in [7, 11) is -2.52. The van der Waals surface area contributed by atoms with Gasteiger partial charge in [0.1, 0.15) is 47.7 Å². The number of nitrogens with one attached hydrogen (secondary N) is 4. The second-order valence-electron chi connectivity index (χ2n) is 23.3. The number of aliphatic imine (C=N–C) groups is 2. The number of amidine groups is 1. The number of hydrogen-bond acceptors (Lipinski definition) is 15. The number of amides is 3. The Hall–Kier alpha value is -9.66. The molecule has 0 saturated carbocycles. The molecule has 0 spiro atoms. The predicted molar refractivity (Wildman–Crippen MR) is 361 cm³/mol. The van der Waals surface area contributed by atoms with Crippen molar-refractivity contribution in [1.29, 1.82) is 0 Å². The smallest absolute Gasteiger partial charge is 0.416 e. The largest absolute Gasteiger partial charge is 0.492 e. The van der Waals surface area contributed by atoms with Crippen LogP contribution < -0.4 is 36.5 Å². The summed E-state index contributed by atoms with van der Waals surface area (Å²) in [5.74, 6) is 4.29. The highest BCUT2D eigenvalue weighted by Crippen LogP contribution is 2.38. The van der Waals surface area contributed by atoms with Crippen molar-refractivity contribution in [3.63, 3.8) is 0 Å². The molecule has 6 N–H and O–H groups in total. The molecule has 13 rings (SSSR count). The lowest BCUT2D eigenvalue weighted by Gasteiger charge is -2.31. The van der Waals surface area contributed by atoms with E-state index in [1.807, 2.05) is 85.4 Å². The molecule has 5 aromatic carbocycles. The molecule has 1 aliphatic carbocycles. The number of anilines is 2. The average molecular weight is 1320 g/mol. The van der Waals surface area contributed by atoms with Crippen molar-refractivity contribution in [2.45, 2.75) is 76.5 Å². The lowest BCUT2D eigenvalue weighted by Crippen LogP contribution is -2.41. The number of fused-ring (bicyclic) bond motifs is 3. The highest BCUT2D eigenvalue weighted by molar-refractivity contribution is 7.98. The van der Waals surface area contributed by atoms with E-state index in [0.29, 0.717) is 77.6 Å². The maximum atomic E-state index is 14.5. The normalized spacial score (nSPS) is 18.0. The number of imidazole rings is 1. The van der Waals surface area contributed by atoms with E-state index in [-0.39, 0.29) is 41.2 Å². The van der Waals surface area contributed by atoms with Crippen molar-refractivity contribution in [2.75, 3.05) is 76.4 Å². The maximum absolute atomic E-state index is 14.5. The van der Waals surface area contributed by atoms with Gasteiger partial charge in [-0.2, -0.15) is 13.2 Å². The Balaban J connectivity index is 0.000000153. The van der Waals surface area contributed by atoms with E-state index in [0.717, 1.165) is 115 Å². The van der Waals surface area contributed by atoms with Crippen LogP contribution in [0.25, 0.3) is 27.9 Å². The molecule has 4 aliphatic heterocycles. The van der Waals surface area contributed by atoms with Gasteiger partial charge >= 0.3 is 6.18 Å². The molecule has 2 saturated heterocycles. The van der Waals surface area contributed by atoms with Crippen LogP contribution in [0.1, 0.15) is 83.5 Å². The van der Waals surface area contributed by atoms with Gasteiger partial charge in [0.2, 0.25) is 11.8 Å². The summed E-state index contributed by atoms with van der Waals surface area (Å²) in [5.41, 5.74) is 12.0. The molecule has 0 bridgehead atoms. The van der Waals surface area contributed by atoms with Crippen LogP contribution >= 0.6 is 0 Å². The molecule has 3 amide bonds. The van der Waals surface area contributed by atoms with Crippen molar-refractivity contribution in [1.82, 2.24) is 39.4 Å². The van der Waals surface area contributed by atoms with Gasteiger partial charge in [-0.1, -0.05) is 42.5 Å². The number of hydrogen-bond donors (Lipinski definition) is 5.